The molecule has 0 aliphatic carbocycles. The van der Waals surface area contributed by atoms with Gasteiger partial charge in [-0.1, -0.05) is 41.9 Å². The standard InChI is InChI=1S/C27H23ClN2O4/c1-33-26(31)21-4-2-3-18(15-21)17-29-24-10-7-22(28)16-25(24)30(27(29)32)23-8-5-19(6-9-23)20-11-13-34-14-12-20/h2-11,15-16H,12-14,17H2,1H3. The molecular formula is C27H23ClN2O4. The summed E-state index contributed by atoms with van der Waals surface area (Å²) in [5.41, 5.74) is 5.70. The topological polar surface area (TPSA) is 62.5 Å². The number of methoxy groups -OCH3 is 1. The van der Waals surface area contributed by atoms with Crippen molar-refractivity contribution in [3.05, 3.63) is 105 Å². The summed E-state index contributed by atoms with van der Waals surface area (Å²) in [7, 11) is 1.35. The SMILES string of the molecule is COC(=O)c1cccc(Cn2c(=O)n(-c3ccc(C4=CCOCC4)cc3)c3cc(Cl)ccc32)c1. The molecule has 4 aromatic rings. The molecule has 1 aromatic heterocycles. The second-order valence-electron chi connectivity index (χ2n) is 8.13. The van der Waals surface area contributed by atoms with Gasteiger partial charge in [-0.3, -0.25) is 9.13 Å². The van der Waals surface area contributed by atoms with E-state index in [1.54, 1.807) is 39.5 Å². The number of carbonyl (C=O) groups is 1. The lowest BCUT2D eigenvalue weighted by molar-refractivity contribution is 0.0600. The molecule has 0 unspecified atom stereocenters. The van der Waals surface area contributed by atoms with E-state index >= 15 is 0 Å². The molecule has 5 rings (SSSR count). The van der Waals surface area contributed by atoms with Gasteiger partial charge in [0, 0.05) is 5.02 Å². The summed E-state index contributed by atoms with van der Waals surface area (Å²) in [5, 5.41) is 0.551. The maximum Gasteiger partial charge on any atom is 0.337 e. The molecule has 0 spiro atoms. The van der Waals surface area contributed by atoms with Gasteiger partial charge < -0.3 is 9.47 Å². The summed E-state index contributed by atoms with van der Waals surface area (Å²) >= 11 is 6.30. The van der Waals surface area contributed by atoms with E-state index in [9.17, 15) is 9.59 Å². The summed E-state index contributed by atoms with van der Waals surface area (Å²) < 4.78 is 13.6. The molecule has 0 radical (unpaired) electrons. The number of hydrogen-bond donors (Lipinski definition) is 0. The first-order valence-electron chi connectivity index (χ1n) is 11.0. The van der Waals surface area contributed by atoms with E-state index in [1.807, 2.05) is 36.4 Å². The number of fused-ring (bicyclic) bond motifs is 1. The van der Waals surface area contributed by atoms with Crippen molar-refractivity contribution in [1.82, 2.24) is 9.13 Å². The fraction of sp³-hybridized carbons (Fsp3) is 0.185. The average molecular weight is 475 g/mol. The summed E-state index contributed by atoms with van der Waals surface area (Å²) in [6.07, 6.45) is 2.97. The number of carbonyl (C=O) groups excluding carboxylic acids is 1. The Labute approximate surface area is 201 Å². The van der Waals surface area contributed by atoms with Gasteiger partial charge in [0.2, 0.25) is 0 Å². The third-order valence-corrected chi connectivity index (χ3v) is 6.27. The number of imidazole rings is 1. The first-order valence-corrected chi connectivity index (χ1v) is 11.4. The quantitative estimate of drug-likeness (QED) is 0.378. The van der Waals surface area contributed by atoms with Crippen LogP contribution in [0.3, 0.4) is 0 Å². The van der Waals surface area contributed by atoms with Crippen LogP contribution in [0.1, 0.15) is 27.9 Å². The van der Waals surface area contributed by atoms with Crippen molar-refractivity contribution in [3.63, 3.8) is 0 Å². The van der Waals surface area contributed by atoms with Crippen molar-refractivity contribution < 1.29 is 14.3 Å². The molecule has 0 saturated carbocycles. The number of benzene rings is 3. The average Bonchev–Trinajstić information content (AvgIpc) is 3.14. The maximum atomic E-state index is 13.6. The van der Waals surface area contributed by atoms with Gasteiger partial charge in [-0.25, -0.2) is 9.59 Å². The fourth-order valence-corrected chi connectivity index (χ4v) is 4.51. The van der Waals surface area contributed by atoms with Crippen LogP contribution in [0.5, 0.6) is 0 Å². The van der Waals surface area contributed by atoms with E-state index in [2.05, 4.69) is 6.08 Å². The highest BCUT2D eigenvalue weighted by Crippen LogP contribution is 2.25. The maximum absolute atomic E-state index is 13.6. The Morgan fingerprint density at radius 2 is 1.88 bits per heavy atom. The number of halogens is 1. The van der Waals surface area contributed by atoms with Crippen molar-refractivity contribution in [1.29, 1.82) is 0 Å². The molecule has 0 amide bonds. The lowest BCUT2D eigenvalue weighted by Crippen LogP contribution is -2.23. The van der Waals surface area contributed by atoms with Crippen molar-refractivity contribution in [2.24, 2.45) is 0 Å². The van der Waals surface area contributed by atoms with Crippen LogP contribution in [0, 0.1) is 0 Å². The van der Waals surface area contributed by atoms with Crippen molar-refractivity contribution in [2.45, 2.75) is 13.0 Å². The van der Waals surface area contributed by atoms with Gasteiger partial charge in [0.25, 0.3) is 0 Å². The molecule has 0 fully saturated rings. The Hall–Kier alpha value is -3.61. The molecular weight excluding hydrogens is 452 g/mol. The summed E-state index contributed by atoms with van der Waals surface area (Å²) in [6, 6.07) is 20.5. The highest BCUT2D eigenvalue weighted by molar-refractivity contribution is 6.31. The molecule has 34 heavy (non-hydrogen) atoms. The van der Waals surface area contributed by atoms with Crippen LogP contribution in [-0.2, 0) is 16.0 Å². The minimum atomic E-state index is -0.414. The molecule has 172 valence electrons. The van der Waals surface area contributed by atoms with Gasteiger partial charge in [0.15, 0.2) is 0 Å². The highest BCUT2D eigenvalue weighted by atomic mass is 35.5. The zero-order valence-electron chi connectivity index (χ0n) is 18.7. The zero-order chi connectivity index (χ0) is 23.7. The van der Waals surface area contributed by atoms with Crippen molar-refractivity contribution in [2.75, 3.05) is 20.3 Å². The lowest BCUT2D eigenvalue weighted by atomic mass is 10.0. The minimum absolute atomic E-state index is 0.182. The summed E-state index contributed by atoms with van der Waals surface area (Å²) in [4.78, 5) is 25.6. The largest absolute Gasteiger partial charge is 0.465 e. The number of aromatic nitrogens is 2. The molecule has 0 atom stereocenters. The van der Waals surface area contributed by atoms with Gasteiger partial charge in [-0.05, 0) is 65.6 Å². The third-order valence-electron chi connectivity index (χ3n) is 6.04. The van der Waals surface area contributed by atoms with E-state index in [1.165, 1.54) is 12.7 Å². The first kappa shape index (κ1) is 22.2. The fourth-order valence-electron chi connectivity index (χ4n) is 4.34. The van der Waals surface area contributed by atoms with E-state index in [0.29, 0.717) is 23.7 Å². The predicted octanol–water partition coefficient (Wildman–Crippen LogP) is 5.08. The molecule has 0 bridgehead atoms. The molecule has 7 heteroatoms. The van der Waals surface area contributed by atoms with Crippen molar-refractivity contribution >= 4 is 34.2 Å². The Bertz CT molecular complexity index is 1460. The summed E-state index contributed by atoms with van der Waals surface area (Å²) in [5.74, 6) is -0.414. The second kappa shape index (κ2) is 9.33. The molecule has 6 nitrogen and oxygen atoms in total. The van der Waals surface area contributed by atoms with E-state index in [-0.39, 0.29) is 5.69 Å². The highest BCUT2D eigenvalue weighted by Gasteiger charge is 2.17. The summed E-state index contributed by atoms with van der Waals surface area (Å²) in [6.45, 7) is 1.65. The van der Waals surface area contributed by atoms with Crippen LogP contribution < -0.4 is 5.69 Å². The monoisotopic (exact) mass is 474 g/mol. The van der Waals surface area contributed by atoms with Crippen LogP contribution in [-0.4, -0.2) is 35.4 Å². The normalized spacial score (nSPS) is 13.6. The molecule has 0 N–H and O–H groups in total. The van der Waals surface area contributed by atoms with Crippen LogP contribution in [0.4, 0.5) is 0 Å². The third kappa shape index (κ3) is 4.18. The predicted molar refractivity (Wildman–Crippen MR) is 133 cm³/mol. The number of hydrogen-bond acceptors (Lipinski definition) is 4. The van der Waals surface area contributed by atoms with Crippen LogP contribution in [0.2, 0.25) is 5.02 Å². The Kier molecular flexibility index (Phi) is 6.09. The van der Waals surface area contributed by atoms with E-state index in [4.69, 9.17) is 21.1 Å². The van der Waals surface area contributed by atoms with Crippen LogP contribution in [0.15, 0.2) is 77.6 Å². The van der Waals surface area contributed by atoms with Gasteiger partial charge in [-0.2, -0.15) is 0 Å². The van der Waals surface area contributed by atoms with Gasteiger partial charge in [-0.15, -0.1) is 0 Å². The molecule has 1 aliphatic heterocycles. The Morgan fingerprint density at radius 1 is 1.06 bits per heavy atom. The van der Waals surface area contributed by atoms with Crippen LogP contribution in [0.25, 0.3) is 22.3 Å². The molecule has 1 aliphatic rings. The smallest absolute Gasteiger partial charge is 0.337 e. The van der Waals surface area contributed by atoms with Gasteiger partial charge in [0.1, 0.15) is 0 Å². The Balaban J connectivity index is 1.58. The lowest BCUT2D eigenvalue weighted by Gasteiger charge is -2.14. The number of esters is 1. The van der Waals surface area contributed by atoms with E-state index in [0.717, 1.165) is 40.9 Å². The van der Waals surface area contributed by atoms with Gasteiger partial charge in [0.05, 0.1) is 49.2 Å². The minimum Gasteiger partial charge on any atom is -0.465 e. The number of rotatable bonds is 5. The zero-order valence-corrected chi connectivity index (χ0v) is 19.4. The number of nitrogens with zero attached hydrogens (tertiary/aromatic N) is 2. The molecule has 0 saturated heterocycles. The van der Waals surface area contributed by atoms with Gasteiger partial charge >= 0.3 is 11.7 Å². The first-order chi connectivity index (χ1) is 16.5. The molecule has 2 heterocycles. The van der Waals surface area contributed by atoms with E-state index < -0.39 is 5.97 Å². The van der Waals surface area contributed by atoms with Crippen molar-refractivity contribution in [3.8, 4) is 5.69 Å². The Morgan fingerprint density at radius 3 is 2.62 bits per heavy atom. The van der Waals surface area contributed by atoms with Crippen LogP contribution >= 0.6 is 11.6 Å². The molecule has 3 aromatic carbocycles. The number of ether oxygens (including phenoxy) is 2. The second-order valence-corrected chi connectivity index (χ2v) is 8.57.